The van der Waals surface area contributed by atoms with Crippen molar-refractivity contribution >= 4 is 5.91 Å². The first-order chi connectivity index (χ1) is 9.52. The molecule has 0 aromatic carbocycles. The number of ether oxygens (including phenoxy) is 1. The molecule has 0 aromatic heterocycles. The molecule has 1 amide bonds. The number of nitrogens with one attached hydrogen (secondary N) is 1. The van der Waals surface area contributed by atoms with Crippen molar-refractivity contribution in [3.8, 4) is 0 Å². The van der Waals surface area contributed by atoms with E-state index in [9.17, 15) is 15.0 Å². The van der Waals surface area contributed by atoms with Crippen molar-refractivity contribution in [2.75, 3.05) is 19.8 Å². The van der Waals surface area contributed by atoms with E-state index in [0.29, 0.717) is 26.0 Å². The molecular weight excluding hydrogens is 262 g/mol. The molecular formula is C14H27NO5. The minimum Gasteiger partial charge on any atom is -0.396 e. The van der Waals surface area contributed by atoms with E-state index in [2.05, 4.69) is 5.32 Å². The minimum atomic E-state index is -1.07. The number of amides is 1. The topological polar surface area (TPSA) is 99.0 Å². The molecule has 0 radical (unpaired) electrons. The van der Waals surface area contributed by atoms with Crippen molar-refractivity contribution in [2.24, 2.45) is 11.8 Å². The summed E-state index contributed by atoms with van der Waals surface area (Å²) >= 11 is 0. The molecule has 0 spiro atoms. The first-order valence-electron chi connectivity index (χ1n) is 7.39. The van der Waals surface area contributed by atoms with E-state index >= 15 is 0 Å². The lowest BCUT2D eigenvalue weighted by molar-refractivity contribution is -0.182. The first-order valence-corrected chi connectivity index (χ1v) is 7.39. The van der Waals surface area contributed by atoms with Crippen LogP contribution < -0.4 is 5.32 Å². The summed E-state index contributed by atoms with van der Waals surface area (Å²) in [5.41, 5.74) is 0. The molecule has 20 heavy (non-hydrogen) atoms. The van der Waals surface area contributed by atoms with Crippen LogP contribution in [0.25, 0.3) is 0 Å². The first kappa shape index (κ1) is 17.4. The van der Waals surface area contributed by atoms with Crippen molar-refractivity contribution in [3.05, 3.63) is 0 Å². The van der Waals surface area contributed by atoms with E-state index in [0.717, 1.165) is 6.42 Å². The van der Waals surface area contributed by atoms with Crippen molar-refractivity contribution in [1.29, 1.82) is 0 Å². The Morgan fingerprint density at radius 2 is 2.10 bits per heavy atom. The molecule has 5 atom stereocenters. The Morgan fingerprint density at radius 3 is 2.70 bits per heavy atom. The molecule has 0 saturated carbocycles. The van der Waals surface area contributed by atoms with Gasteiger partial charge in [-0.25, -0.2) is 0 Å². The summed E-state index contributed by atoms with van der Waals surface area (Å²) in [7, 11) is 0. The fourth-order valence-electron chi connectivity index (χ4n) is 2.48. The monoisotopic (exact) mass is 289 g/mol. The maximum Gasteiger partial charge on any atom is 0.225 e. The molecule has 0 aromatic rings. The predicted octanol–water partition coefficient (Wildman–Crippen LogP) is -0.342. The Bertz CT molecular complexity index is 299. The van der Waals surface area contributed by atoms with Gasteiger partial charge in [0.15, 0.2) is 0 Å². The van der Waals surface area contributed by atoms with Crippen LogP contribution in [0, 0.1) is 11.8 Å². The van der Waals surface area contributed by atoms with Crippen LogP contribution in [0.4, 0.5) is 0 Å². The van der Waals surface area contributed by atoms with Gasteiger partial charge in [0.1, 0.15) is 6.10 Å². The van der Waals surface area contributed by atoms with E-state index in [-0.39, 0.29) is 18.4 Å². The second-order valence-electron chi connectivity index (χ2n) is 5.52. The van der Waals surface area contributed by atoms with Gasteiger partial charge in [-0.3, -0.25) is 4.79 Å². The van der Waals surface area contributed by atoms with Gasteiger partial charge in [-0.2, -0.15) is 0 Å². The van der Waals surface area contributed by atoms with Crippen molar-refractivity contribution in [3.63, 3.8) is 0 Å². The average Bonchev–Trinajstić information content (AvgIpc) is 2.44. The summed E-state index contributed by atoms with van der Waals surface area (Å²) < 4.78 is 5.58. The molecule has 1 rings (SSSR count). The maximum absolute atomic E-state index is 12.2. The molecule has 118 valence electrons. The Balaban J connectivity index is 2.73. The molecule has 1 fully saturated rings. The van der Waals surface area contributed by atoms with Crippen molar-refractivity contribution in [2.45, 2.75) is 51.4 Å². The number of rotatable bonds is 7. The average molecular weight is 289 g/mol. The van der Waals surface area contributed by atoms with Crippen LogP contribution in [0.2, 0.25) is 0 Å². The molecule has 1 aliphatic heterocycles. The predicted molar refractivity (Wildman–Crippen MR) is 74.0 cm³/mol. The summed E-state index contributed by atoms with van der Waals surface area (Å²) in [5.74, 6) is -0.893. The lowest BCUT2D eigenvalue weighted by Gasteiger charge is -2.39. The molecule has 6 nitrogen and oxygen atoms in total. The third kappa shape index (κ3) is 4.41. The second-order valence-corrected chi connectivity index (χ2v) is 5.52. The molecule has 1 heterocycles. The van der Waals surface area contributed by atoms with Crippen LogP contribution >= 0.6 is 0 Å². The number of aliphatic hydroxyl groups excluding tert-OH is 3. The Hall–Kier alpha value is -0.690. The fourth-order valence-corrected chi connectivity index (χ4v) is 2.48. The van der Waals surface area contributed by atoms with Crippen LogP contribution in [-0.2, 0) is 9.53 Å². The van der Waals surface area contributed by atoms with E-state index in [1.54, 1.807) is 6.92 Å². The number of aliphatic hydroxyl groups is 3. The zero-order chi connectivity index (χ0) is 15.1. The van der Waals surface area contributed by atoms with Crippen LogP contribution in [0.1, 0.15) is 33.1 Å². The highest BCUT2D eigenvalue weighted by Gasteiger charge is 2.42. The van der Waals surface area contributed by atoms with Crippen molar-refractivity contribution < 1.29 is 24.9 Å². The van der Waals surface area contributed by atoms with Gasteiger partial charge in [0.25, 0.3) is 0 Å². The number of hydrogen-bond acceptors (Lipinski definition) is 5. The van der Waals surface area contributed by atoms with Crippen LogP contribution in [0.15, 0.2) is 0 Å². The van der Waals surface area contributed by atoms with Gasteiger partial charge in [0.05, 0.1) is 24.7 Å². The van der Waals surface area contributed by atoms with E-state index in [1.807, 2.05) is 6.92 Å². The summed E-state index contributed by atoms with van der Waals surface area (Å²) in [4.78, 5) is 12.2. The Labute approximate surface area is 120 Å². The summed E-state index contributed by atoms with van der Waals surface area (Å²) in [6.07, 6.45) is -0.965. The largest absolute Gasteiger partial charge is 0.396 e. The smallest absolute Gasteiger partial charge is 0.225 e. The highest BCUT2D eigenvalue weighted by molar-refractivity contribution is 5.79. The summed E-state index contributed by atoms with van der Waals surface area (Å²) in [5, 5.41) is 31.8. The lowest BCUT2D eigenvalue weighted by Crippen LogP contribution is -2.55. The number of carbonyl (C=O) groups excluding carboxylic acids is 1. The molecule has 1 saturated heterocycles. The van der Waals surface area contributed by atoms with Gasteiger partial charge in [-0.1, -0.05) is 13.8 Å². The SMILES string of the molecule is CCCNC(=O)C(CCCO)C1OC[C@@H](C)[C@H](O)[C@H]1O. The number of hydrogen-bond donors (Lipinski definition) is 4. The molecule has 1 aliphatic rings. The summed E-state index contributed by atoms with van der Waals surface area (Å²) in [6.45, 7) is 4.62. The van der Waals surface area contributed by atoms with Crippen LogP contribution in [-0.4, -0.2) is 59.3 Å². The zero-order valence-electron chi connectivity index (χ0n) is 12.3. The Morgan fingerprint density at radius 1 is 1.40 bits per heavy atom. The normalized spacial score (nSPS) is 31.9. The van der Waals surface area contributed by atoms with E-state index in [4.69, 9.17) is 9.84 Å². The highest BCUT2D eigenvalue weighted by Crippen LogP contribution is 2.27. The van der Waals surface area contributed by atoms with E-state index < -0.39 is 24.2 Å². The molecule has 6 heteroatoms. The van der Waals surface area contributed by atoms with Gasteiger partial charge in [0.2, 0.25) is 5.91 Å². The van der Waals surface area contributed by atoms with Crippen LogP contribution in [0.5, 0.6) is 0 Å². The quantitative estimate of drug-likeness (QED) is 0.514. The van der Waals surface area contributed by atoms with Gasteiger partial charge < -0.3 is 25.4 Å². The van der Waals surface area contributed by atoms with Crippen LogP contribution in [0.3, 0.4) is 0 Å². The van der Waals surface area contributed by atoms with Gasteiger partial charge in [-0.15, -0.1) is 0 Å². The lowest BCUT2D eigenvalue weighted by atomic mass is 9.84. The summed E-state index contributed by atoms with van der Waals surface area (Å²) in [6, 6.07) is 0. The van der Waals surface area contributed by atoms with Gasteiger partial charge in [-0.05, 0) is 19.3 Å². The zero-order valence-corrected chi connectivity index (χ0v) is 12.3. The number of carbonyl (C=O) groups is 1. The van der Waals surface area contributed by atoms with Crippen molar-refractivity contribution in [1.82, 2.24) is 5.32 Å². The molecule has 4 N–H and O–H groups in total. The Kier molecular flexibility index (Phi) is 7.43. The standard InChI is InChI=1S/C14H27NO5/c1-3-6-15-14(19)10(5-4-7-16)13-12(18)11(17)9(2)8-20-13/h9-13,16-18H,3-8H2,1-2H3,(H,15,19)/t9-,10?,11+,12-,13?/m1/s1. The second kappa shape index (κ2) is 8.56. The van der Waals surface area contributed by atoms with Gasteiger partial charge >= 0.3 is 0 Å². The highest BCUT2D eigenvalue weighted by atomic mass is 16.5. The molecule has 0 bridgehead atoms. The minimum absolute atomic E-state index is 0.0146. The fraction of sp³-hybridized carbons (Fsp3) is 0.929. The third-order valence-electron chi connectivity index (χ3n) is 3.78. The molecule has 0 aliphatic carbocycles. The van der Waals surface area contributed by atoms with Gasteiger partial charge in [0, 0.05) is 19.1 Å². The van der Waals surface area contributed by atoms with E-state index in [1.165, 1.54) is 0 Å². The third-order valence-corrected chi connectivity index (χ3v) is 3.78. The molecule has 2 unspecified atom stereocenters. The maximum atomic E-state index is 12.2.